The highest BCUT2D eigenvalue weighted by Crippen LogP contribution is 2.20. The second-order valence-corrected chi connectivity index (χ2v) is 7.05. The van der Waals surface area contributed by atoms with Gasteiger partial charge in [0.05, 0.1) is 23.8 Å². The number of amides is 1. The summed E-state index contributed by atoms with van der Waals surface area (Å²) in [7, 11) is 0. The number of carbonyl (C=O) groups is 1. The summed E-state index contributed by atoms with van der Waals surface area (Å²) in [5.41, 5.74) is 1.43. The van der Waals surface area contributed by atoms with E-state index in [-0.39, 0.29) is 11.9 Å². The third-order valence-corrected chi connectivity index (χ3v) is 5.11. The topological polar surface area (TPSA) is 79.6 Å². The number of rotatable bonds is 6. The molecular formula is C19H26N4O2. The Balaban J connectivity index is 1.45. The van der Waals surface area contributed by atoms with Crippen molar-refractivity contribution in [2.75, 3.05) is 32.7 Å². The number of aliphatic hydroxyl groups excluding tert-OH is 1. The zero-order valence-corrected chi connectivity index (χ0v) is 14.7. The average Bonchev–Trinajstić information content (AvgIpc) is 3.45. The molecule has 0 bridgehead atoms. The Morgan fingerprint density at radius 3 is 2.48 bits per heavy atom. The van der Waals surface area contributed by atoms with Crippen LogP contribution in [0, 0.1) is 11.3 Å². The van der Waals surface area contributed by atoms with Crippen molar-refractivity contribution in [3.05, 3.63) is 35.4 Å². The van der Waals surface area contributed by atoms with Crippen molar-refractivity contribution in [2.45, 2.75) is 38.0 Å². The molecule has 0 spiro atoms. The van der Waals surface area contributed by atoms with Crippen molar-refractivity contribution in [3.63, 3.8) is 0 Å². The lowest BCUT2D eigenvalue weighted by atomic mass is 10.1. The Labute approximate surface area is 149 Å². The lowest BCUT2D eigenvalue weighted by Gasteiger charge is -2.38. The first kappa shape index (κ1) is 17.9. The number of nitrogens with one attached hydrogen (secondary N) is 1. The third kappa shape index (κ3) is 4.79. The summed E-state index contributed by atoms with van der Waals surface area (Å²) in [4.78, 5) is 16.6. The molecule has 2 N–H and O–H groups in total. The molecule has 2 aliphatic rings. The predicted octanol–water partition coefficient (Wildman–Crippen LogP) is 0.876. The summed E-state index contributed by atoms with van der Waals surface area (Å²) in [6.07, 6.45) is 1.66. The van der Waals surface area contributed by atoms with E-state index in [2.05, 4.69) is 21.2 Å². The third-order valence-electron chi connectivity index (χ3n) is 5.11. The number of benzene rings is 1. The number of hydrogen-bond donors (Lipinski definition) is 2. The van der Waals surface area contributed by atoms with Crippen molar-refractivity contribution >= 4 is 5.91 Å². The SMILES string of the molecule is CC(C(=O)NC1CC1)N1CCN(CC(O)c2ccc(C#N)cc2)CC1. The molecule has 0 radical (unpaired) electrons. The summed E-state index contributed by atoms with van der Waals surface area (Å²) in [5.74, 6) is 0.133. The Bertz CT molecular complexity index is 628. The van der Waals surface area contributed by atoms with Crippen LogP contribution in [-0.2, 0) is 4.79 Å². The number of nitrogens with zero attached hydrogens (tertiary/aromatic N) is 3. The summed E-state index contributed by atoms with van der Waals surface area (Å²) in [6, 6.07) is 9.48. The van der Waals surface area contributed by atoms with Crippen LogP contribution in [0.25, 0.3) is 0 Å². The molecule has 1 aliphatic carbocycles. The lowest BCUT2D eigenvalue weighted by molar-refractivity contribution is -0.126. The second-order valence-electron chi connectivity index (χ2n) is 7.05. The van der Waals surface area contributed by atoms with E-state index in [1.807, 2.05) is 19.1 Å². The Kier molecular flexibility index (Phi) is 5.69. The molecule has 1 amide bonds. The Morgan fingerprint density at radius 2 is 1.92 bits per heavy atom. The van der Waals surface area contributed by atoms with Crippen molar-refractivity contribution in [3.8, 4) is 6.07 Å². The van der Waals surface area contributed by atoms with Gasteiger partial charge < -0.3 is 10.4 Å². The van der Waals surface area contributed by atoms with Gasteiger partial charge in [0.1, 0.15) is 0 Å². The molecule has 1 saturated heterocycles. The number of aliphatic hydroxyl groups is 1. The molecule has 1 aromatic rings. The number of hydrogen-bond acceptors (Lipinski definition) is 5. The first-order chi connectivity index (χ1) is 12.1. The molecular weight excluding hydrogens is 316 g/mol. The van der Waals surface area contributed by atoms with Crippen LogP contribution in [0.2, 0.25) is 0 Å². The average molecular weight is 342 g/mol. The van der Waals surface area contributed by atoms with Crippen molar-refractivity contribution in [1.82, 2.24) is 15.1 Å². The number of piperazine rings is 1. The largest absolute Gasteiger partial charge is 0.387 e. The van der Waals surface area contributed by atoms with Gasteiger partial charge in [-0.3, -0.25) is 14.6 Å². The van der Waals surface area contributed by atoms with Crippen LogP contribution in [0.1, 0.15) is 37.0 Å². The van der Waals surface area contributed by atoms with E-state index in [0.29, 0.717) is 18.2 Å². The van der Waals surface area contributed by atoms with Crippen LogP contribution in [0.4, 0.5) is 0 Å². The van der Waals surface area contributed by atoms with Gasteiger partial charge in [0.15, 0.2) is 0 Å². The van der Waals surface area contributed by atoms with Crippen LogP contribution >= 0.6 is 0 Å². The van der Waals surface area contributed by atoms with Gasteiger partial charge in [-0.25, -0.2) is 0 Å². The van der Waals surface area contributed by atoms with Gasteiger partial charge in [0.2, 0.25) is 5.91 Å². The highest BCUT2D eigenvalue weighted by molar-refractivity contribution is 5.81. The number of carbonyl (C=O) groups excluding carboxylic acids is 1. The summed E-state index contributed by atoms with van der Waals surface area (Å²) < 4.78 is 0. The summed E-state index contributed by atoms with van der Waals surface area (Å²) in [6.45, 7) is 5.89. The molecule has 25 heavy (non-hydrogen) atoms. The van der Waals surface area contributed by atoms with E-state index in [4.69, 9.17) is 5.26 Å². The molecule has 1 saturated carbocycles. The zero-order chi connectivity index (χ0) is 17.8. The quantitative estimate of drug-likeness (QED) is 0.802. The molecule has 2 unspecified atom stereocenters. The predicted molar refractivity (Wildman–Crippen MR) is 94.8 cm³/mol. The van der Waals surface area contributed by atoms with Crippen molar-refractivity contribution in [2.24, 2.45) is 0 Å². The molecule has 1 heterocycles. The molecule has 2 atom stereocenters. The highest BCUT2D eigenvalue weighted by atomic mass is 16.3. The summed E-state index contributed by atoms with van der Waals surface area (Å²) >= 11 is 0. The van der Waals surface area contributed by atoms with Crippen LogP contribution < -0.4 is 5.32 Å². The monoisotopic (exact) mass is 342 g/mol. The molecule has 3 rings (SSSR count). The molecule has 2 fully saturated rings. The molecule has 134 valence electrons. The fraction of sp³-hybridized carbons (Fsp3) is 0.579. The van der Waals surface area contributed by atoms with Gasteiger partial charge in [-0.15, -0.1) is 0 Å². The van der Waals surface area contributed by atoms with E-state index >= 15 is 0 Å². The van der Waals surface area contributed by atoms with E-state index < -0.39 is 6.10 Å². The van der Waals surface area contributed by atoms with E-state index in [0.717, 1.165) is 44.6 Å². The van der Waals surface area contributed by atoms with E-state index in [9.17, 15) is 9.90 Å². The maximum atomic E-state index is 12.2. The minimum atomic E-state index is -0.560. The maximum absolute atomic E-state index is 12.2. The standard InChI is InChI=1S/C19H26N4O2/c1-14(19(25)21-17-6-7-17)23-10-8-22(9-11-23)13-18(24)16-4-2-15(12-20)3-5-16/h2-5,14,17-18,24H,6-11,13H2,1H3,(H,21,25). The Morgan fingerprint density at radius 1 is 1.28 bits per heavy atom. The molecule has 6 heteroatoms. The molecule has 1 aromatic carbocycles. The first-order valence-electron chi connectivity index (χ1n) is 9.01. The fourth-order valence-corrected chi connectivity index (χ4v) is 3.18. The fourth-order valence-electron chi connectivity index (χ4n) is 3.18. The Hall–Kier alpha value is -1.94. The minimum Gasteiger partial charge on any atom is -0.387 e. The van der Waals surface area contributed by atoms with Gasteiger partial charge in [0, 0.05) is 38.8 Å². The highest BCUT2D eigenvalue weighted by Gasteiger charge is 2.30. The van der Waals surface area contributed by atoms with Crippen LogP contribution in [0.5, 0.6) is 0 Å². The zero-order valence-electron chi connectivity index (χ0n) is 14.7. The summed E-state index contributed by atoms with van der Waals surface area (Å²) in [5, 5.41) is 22.3. The van der Waals surface area contributed by atoms with Gasteiger partial charge in [-0.1, -0.05) is 12.1 Å². The van der Waals surface area contributed by atoms with Crippen molar-refractivity contribution < 1.29 is 9.90 Å². The second kappa shape index (κ2) is 7.96. The maximum Gasteiger partial charge on any atom is 0.237 e. The first-order valence-corrected chi connectivity index (χ1v) is 9.01. The van der Waals surface area contributed by atoms with Gasteiger partial charge in [0.25, 0.3) is 0 Å². The van der Waals surface area contributed by atoms with Gasteiger partial charge >= 0.3 is 0 Å². The van der Waals surface area contributed by atoms with Crippen LogP contribution in [0.3, 0.4) is 0 Å². The molecule has 1 aliphatic heterocycles. The normalized spacial score (nSPS) is 21.3. The van der Waals surface area contributed by atoms with Gasteiger partial charge in [-0.05, 0) is 37.5 Å². The van der Waals surface area contributed by atoms with Crippen molar-refractivity contribution in [1.29, 1.82) is 5.26 Å². The molecule has 6 nitrogen and oxygen atoms in total. The van der Waals surface area contributed by atoms with E-state index in [1.165, 1.54) is 0 Å². The van der Waals surface area contributed by atoms with Gasteiger partial charge in [-0.2, -0.15) is 5.26 Å². The lowest BCUT2D eigenvalue weighted by Crippen LogP contribution is -2.54. The minimum absolute atomic E-state index is 0.0915. The van der Waals surface area contributed by atoms with Crippen LogP contribution in [-0.4, -0.2) is 65.6 Å². The molecule has 0 aromatic heterocycles. The van der Waals surface area contributed by atoms with E-state index in [1.54, 1.807) is 12.1 Å². The smallest absolute Gasteiger partial charge is 0.237 e. The number of nitriles is 1. The number of β-amino-alcohol motifs (C(OH)–C–C–N with tert-alkyl or cyclic N) is 1. The van der Waals surface area contributed by atoms with Crippen LogP contribution in [0.15, 0.2) is 24.3 Å².